The molecule has 0 aliphatic heterocycles. The molecule has 1 rings (SSSR count). The standard InChI is InChI=1S/C12H16Br2S2/c13-7-1-9-15-11-3-5-12(6-4-11)16-10-2-8-14/h3-6H,1-2,7-10H2. The quantitative estimate of drug-likeness (QED) is 0.333. The van der Waals surface area contributed by atoms with Gasteiger partial charge in [-0.05, 0) is 48.6 Å². The predicted molar refractivity (Wildman–Crippen MR) is 84.7 cm³/mol. The SMILES string of the molecule is BrCCCSc1ccc(SCCCBr)cc1. The van der Waals surface area contributed by atoms with Crippen molar-refractivity contribution in [3.05, 3.63) is 24.3 Å². The van der Waals surface area contributed by atoms with E-state index in [1.54, 1.807) is 0 Å². The van der Waals surface area contributed by atoms with E-state index in [2.05, 4.69) is 56.1 Å². The summed E-state index contributed by atoms with van der Waals surface area (Å²) < 4.78 is 0. The molecule has 0 radical (unpaired) electrons. The highest BCUT2D eigenvalue weighted by molar-refractivity contribution is 9.09. The maximum absolute atomic E-state index is 3.45. The summed E-state index contributed by atoms with van der Waals surface area (Å²) in [5.74, 6) is 2.39. The third-order valence-corrected chi connectivity index (χ3v) is 5.24. The van der Waals surface area contributed by atoms with Gasteiger partial charge in [-0.1, -0.05) is 31.9 Å². The Balaban J connectivity index is 2.30. The van der Waals surface area contributed by atoms with Crippen molar-refractivity contribution in [3.63, 3.8) is 0 Å². The molecular formula is C12H16Br2S2. The number of hydrogen-bond donors (Lipinski definition) is 0. The highest BCUT2D eigenvalue weighted by Crippen LogP contribution is 2.24. The first-order valence-corrected chi connectivity index (χ1v) is 9.56. The van der Waals surface area contributed by atoms with Crippen molar-refractivity contribution in [3.8, 4) is 0 Å². The second kappa shape index (κ2) is 9.86. The molecule has 0 amide bonds. The fourth-order valence-corrected chi connectivity index (χ4v) is 4.13. The van der Waals surface area contributed by atoms with Gasteiger partial charge < -0.3 is 0 Å². The van der Waals surface area contributed by atoms with Crippen LogP contribution in [0.5, 0.6) is 0 Å². The van der Waals surface area contributed by atoms with Crippen LogP contribution in [-0.4, -0.2) is 22.2 Å². The lowest BCUT2D eigenvalue weighted by Gasteiger charge is -2.03. The number of benzene rings is 1. The average molecular weight is 384 g/mol. The molecule has 0 N–H and O–H groups in total. The van der Waals surface area contributed by atoms with Gasteiger partial charge in [-0.3, -0.25) is 0 Å². The molecule has 16 heavy (non-hydrogen) atoms. The molecule has 0 saturated carbocycles. The van der Waals surface area contributed by atoms with E-state index >= 15 is 0 Å². The molecule has 0 bridgehead atoms. The summed E-state index contributed by atoms with van der Waals surface area (Å²) in [6.07, 6.45) is 2.46. The Kier molecular flexibility index (Phi) is 9.21. The largest absolute Gasteiger partial charge is 0.126 e. The van der Waals surface area contributed by atoms with E-state index < -0.39 is 0 Å². The van der Waals surface area contributed by atoms with Gasteiger partial charge in [-0.25, -0.2) is 0 Å². The average Bonchev–Trinajstić information content (AvgIpc) is 2.32. The summed E-state index contributed by atoms with van der Waals surface area (Å²) in [6, 6.07) is 8.93. The van der Waals surface area contributed by atoms with E-state index in [9.17, 15) is 0 Å². The molecule has 0 atom stereocenters. The zero-order chi connectivity index (χ0) is 11.6. The minimum atomic E-state index is 1.10. The van der Waals surface area contributed by atoms with Gasteiger partial charge in [0.05, 0.1) is 0 Å². The van der Waals surface area contributed by atoms with Crippen LogP contribution in [0, 0.1) is 0 Å². The van der Waals surface area contributed by atoms with Crippen LogP contribution in [-0.2, 0) is 0 Å². The van der Waals surface area contributed by atoms with Crippen LogP contribution in [0.1, 0.15) is 12.8 Å². The van der Waals surface area contributed by atoms with Gasteiger partial charge in [-0.15, -0.1) is 23.5 Å². The lowest BCUT2D eigenvalue weighted by molar-refractivity contribution is 1.13. The van der Waals surface area contributed by atoms with Gasteiger partial charge in [0.15, 0.2) is 0 Å². The van der Waals surface area contributed by atoms with Crippen LogP contribution in [0.2, 0.25) is 0 Å². The van der Waals surface area contributed by atoms with Crippen LogP contribution in [0.15, 0.2) is 34.1 Å². The zero-order valence-corrected chi connectivity index (χ0v) is 13.9. The minimum Gasteiger partial charge on any atom is -0.126 e. The Morgan fingerprint density at radius 2 is 1.12 bits per heavy atom. The molecule has 1 aromatic rings. The number of thioether (sulfide) groups is 2. The van der Waals surface area contributed by atoms with Gasteiger partial charge in [0.25, 0.3) is 0 Å². The van der Waals surface area contributed by atoms with Gasteiger partial charge >= 0.3 is 0 Å². The van der Waals surface area contributed by atoms with Gasteiger partial charge in [-0.2, -0.15) is 0 Å². The lowest BCUT2D eigenvalue weighted by atomic mass is 10.4. The molecule has 0 unspecified atom stereocenters. The smallest absolute Gasteiger partial charge is 0.00727 e. The van der Waals surface area contributed by atoms with Gasteiger partial charge in [0.1, 0.15) is 0 Å². The second-order valence-corrected chi connectivity index (χ2v) is 7.18. The molecule has 4 heteroatoms. The first-order valence-electron chi connectivity index (χ1n) is 5.34. The highest BCUT2D eigenvalue weighted by atomic mass is 79.9. The topological polar surface area (TPSA) is 0 Å². The maximum atomic E-state index is 3.45. The zero-order valence-electron chi connectivity index (χ0n) is 9.12. The fraction of sp³-hybridized carbons (Fsp3) is 0.500. The van der Waals surface area contributed by atoms with Crippen LogP contribution >= 0.6 is 55.4 Å². The van der Waals surface area contributed by atoms with Crippen molar-refractivity contribution in [1.29, 1.82) is 0 Å². The Hall–Kier alpha value is 0.880. The molecule has 0 saturated heterocycles. The first kappa shape index (κ1) is 14.9. The minimum absolute atomic E-state index is 1.10. The highest BCUT2D eigenvalue weighted by Gasteiger charge is 1.96. The van der Waals surface area contributed by atoms with Crippen LogP contribution in [0.3, 0.4) is 0 Å². The van der Waals surface area contributed by atoms with Crippen molar-refractivity contribution in [2.24, 2.45) is 0 Å². The van der Waals surface area contributed by atoms with Crippen molar-refractivity contribution in [2.75, 3.05) is 22.2 Å². The van der Waals surface area contributed by atoms with E-state index in [0.717, 1.165) is 10.7 Å². The third kappa shape index (κ3) is 6.58. The number of alkyl halides is 2. The Bertz CT molecular complexity index is 246. The third-order valence-electron chi connectivity index (χ3n) is 1.92. The number of halogens is 2. The van der Waals surface area contributed by atoms with Gasteiger partial charge in [0, 0.05) is 20.5 Å². The Morgan fingerprint density at radius 1 is 0.750 bits per heavy atom. The van der Waals surface area contributed by atoms with E-state index in [0.29, 0.717) is 0 Å². The van der Waals surface area contributed by atoms with E-state index in [4.69, 9.17) is 0 Å². The molecule has 0 nitrogen and oxygen atoms in total. The van der Waals surface area contributed by atoms with Crippen molar-refractivity contribution < 1.29 is 0 Å². The van der Waals surface area contributed by atoms with Crippen LogP contribution in [0.4, 0.5) is 0 Å². The van der Waals surface area contributed by atoms with Crippen molar-refractivity contribution in [1.82, 2.24) is 0 Å². The summed E-state index contributed by atoms with van der Waals surface area (Å²) in [5, 5.41) is 2.20. The molecule has 0 heterocycles. The molecule has 90 valence electrons. The van der Waals surface area contributed by atoms with Crippen molar-refractivity contribution >= 4 is 55.4 Å². The van der Waals surface area contributed by atoms with E-state index in [1.807, 2.05) is 23.5 Å². The molecular weight excluding hydrogens is 368 g/mol. The van der Waals surface area contributed by atoms with Gasteiger partial charge in [0.2, 0.25) is 0 Å². The molecule has 0 aliphatic rings. The normalized spacial score (nSPS) is 10.6. The van der Waals surface area contributed by atoms with Crippen molar-refractivity contribution in [2.45, 2.75) is 22.6 Å². The monoisotopic (exact) mass is 382 g/mol. The van der Waals surface area contributed by atoms with E-state index in [1.165, 1.54) is 34.1 Å². The molecule has 1 aromatic carbocycles. The lowest BCUT2D eigenvalue weighted by Crippen LogP contribution is -1.82. The summed E-state index contributed by atoms with van der Waals surface area (Å²) in [4.78, 5) is 2.76. The predicted octanol–water partition coefficient (Wildman–Crippen LogP) is 5.44. The van der Waals surface area contributed by atoms with Crippen LogP contribution < -0.4 is 0 Å². The second-order valence-electron chi connectivity index (χ2n) is 3.25. The fourth-order valence-electron chi connectivity index (χ4n) is 1.12. The summed E-state index contributed by atoms with van der Waals surface area (Å²) in [5.41, 5.74) is 0. The summed E-state index contributed by atoms with van der Waals surface area (Å²) in [6.45, 7) is 0. The number of hydrogen-bond acceptors (Lipinski definition) is 2. The Morgan fingerprint density at radius 3 is 1.44 bits per heavy atom. The Labute approximate surface area is 124 Å². The summed E-state index contributed by atoms with van der Waals surface area (Å²) in [7, 11) is 0. The van der Waals surface area contributed by atoms with E-state index in [-0.39, 0.29) is 0 Å². The molecule has 0 fully saturated rings. The molecule has 0 aliphatic carbocycles. The van der Waals surface area contributed by atoms with Crippen LogP contribution in [0.25, 0.3) is 0 Å². The first-order chi connectivity index (χ1) is 7.86. The molecule has 0 spiro atoms. The molecule has 0 aromatic heterocycles. The maximum Gasteiger partial charge on any atom is 0.00727 e. The number of rotatable bonds is 8. The summed E-state index contributed by atoms with van der Waals surface area (Å²) >= 11 is 10.8.